The van der Waals surface area contributed by atoms with Gasteiger partial charge in [0.05, 0.1) is 6.10 Å². The SMILES string of the molecule is CC(C=CC12OC1(C)CC(O)CC2(C)C)=CC=O. The number of rotatable bonds is 3. The van der Waals surface area contributed by atoms with Gasteiger partial charge in [0.1, 0.15) is 17.5 Å². The third-order valence-electron chi connectivity index (χ3n) is 4.42. The van der Waals surface area contributed by atoms with Crippen LogP contribution in [0.15, 0.2) is 23.8 Å². The maximum Gasteiger partial charge on any atom is 0.143 e. The van der Waals surface area contributed by atoms with Gasteiger partial charge in [-0.05, 0) is 38.0 Å². The van der Waals surface area contributed by atoms with Gasteiger partial charge in [-0.2, -0.15) is 0 Å². The van der Waals surface area contributed by atoms with E-state index in [9.17, 15) is 9.90 Å². The largest absolute Gasteiger partial charge is 0.393 e. The highest BCUT2D eigenvalue weighted by Crippen LogP contribution is 2.66. The van der Waals surface area contributed by atoms with Gasteiger partial charge in [-0.15, -0.1) is 0 Å². The highest BCUT2D eigenvalue weighted by atomic mass is 16.6. The molecule has 0 spiro atoms. The molecule has 1 aliphatic heterocycles. The van der Waals surface area contributed by atoms with Crippen molar-refractivity contribution in [2.75, 3.05) is 0 Å². The van der Waals surface area contributed by atoms with E-state index >= 15 is 0 Å². The quantitative estimate of drug-likeness (QED) is 0.362. The Hall–Kier alpha value is -0.930. The molecule has 1 aliphatic carbocycles. The summed E-state index contributed by atoms with van der Waals surface area (Å²) < 4.78 is 6.00. The lowest BCUT2D eigenvalue weighted by Crippen LogP contribution is -2.46. The molecule has 1 heterocycles. The van der Waals surface area contributed by atoms with Gasteiger partial charge in [0.25, 0.3) is 0 Å². The van der Waals surface area contributed by atoms with E-state index in [1.807, 2.05) is 13.0 Å². The highest BCUT2D eigenvalue weighted by molar-refractivity contribution is 5.67. The van der Waals surface area contributed by atoms with Crippen molar-refractivity contribution < 1.29 is 14.6 Å². The molecule has 0 radical (unpaired) electrons. The van der Waals surface area contributed by atoms with Gasteiger partial charge in [0.2, 0.25) is 0 Å². The molecule has 2 aliphatic rings. The van der Waals surface area contributed by atoms with Gasteiger partial charge < -0.3 is 9.84 Å². The molecule has 0 aromatic rings. The molecule has 100 valence electrons. The first-order valence-electron chi connectivity index (χ1n) is 6.46. The number of ether oxygens (including phenoxy) is 1. The summed E-state index contributed by atoms with van der Waals surface area (Å²) in [5.41, 5.74) is 0.236. The van der Waals surface area contributed by atoms with Crippen LogP contribution in [0.4, 0.5) is 0 Å². The molecule has 3 unspecified atom stereocenters. The van der Waals surface area contributed by atoms with Crippen LogP contribution in [0.2, 0.25) is 0 Å². The van der Waals surface area contributed by atoms with Gasteiger partial charge in [-0.1, -0.05) is 19.9 Å². The van der Waals surface area contributed by atoms with E-state index in [-0.39, 0.29) is 22.7 Å². The van der Waals surface area contributed by atoms with E-state index in [2.05, 4.69) is 26.8 Å². The predicted molar refractivity (Wildman–Crippen MR) is 70.2 cm³/mol. The summed E-state index contributed by atoms with van der Waals surface area (Å²) >= 11 is 0. The van der Waals surface area contributed by atoms with Crippen molar-refractivity contribution >= 4 is 6.29 Å². The normalized spacial score (nSPS) is 42.7. The van der Waals surface area contributed by atoms with Crippen molar-refractivity contribution in [3.05, 3.63) is 23.8 Å². The minimum Gasteiger partial charge on any atom is -0.393 e. The van der Waals surface area contributed by atoms with E-state index in [1.165, 1.54) is 6.08 Å². The summed E-state index contributed by atoms with van der Waals surface area (Å²) in [5, 5.41) is 9.92. The molecular formula is C15H22O3. The minimum atomic E-state index is -0.308. The maximum atomic E-state index is 10.4. The number of carbonyl (C=O) groups excluding carboxylic acids is 1. The smallest absolute Gasteiger partial charge is 0.143 e. The Labute approximate surface area is 109 Å². The van der Waals surface area contributed by atoms with Crippen LogP contribution in [0.1, 0.15) is 40.5 Å². The van der Waals surface area contributed by atoms with Gasteiger partial charge >= 0.3 is 0 Å². The first-order chi connectivity index (χ1) is 8.26. The fraction of sp³-hybridized carbons (Fsp3) is 0.667. The van der Waals surface area contributed by atoms with Crippen LogP contribution >= 0.6 is 0 Å². The zero-order valence-electron chi connectivity index (χ0n) is 11.6. The molecular weight excluding hydrogens is 228 g/mol. The first kappa shape index (κ1) is 13.5. The van der Waals surface area contributed by atoms with E-state index in [0.29, 0.717) is 6.42 Å². The lowest BCUT2D eigenvalue weighted by molar-refractivity contribution is -0.104. The molecule has 0 amide bonds. The van der Waals surface area contributed by atoms with Crippen molar-refractivity contribution in [2.24, 2.45) is 5.41 Å². The number of aliphatic hydroxyl groups excluding tert-OH is 1. The second kappa shape index (κ2) is 4.04. The Balaban J connectivity index is 2.27. The molecule has 3 heteroatoms. The molecule has 2 rings (SSSR count). The Morgan fingerprint density at radius 2 is 2.00 bits per heavy atom. The van der Waals surface area contributed by atoms with E-state index in [0.717, 1.165) is 18.3 Å². The average Bonchev–Trinajstić information content (AvgIpc) is 2.82. The van der Waals surface area contributed by atoms with E-state index < -0.39 is 0 Å². The number of fused-ring (bicyclic) bond motifs is 1. The number of carbonyl (C=O) groups is 1. The fourth-order valence-electron chi connectivity index (χ4n) is 3.49. The minimum absolute atomic E-state index is 0.0998. The second-order valence-electron chi connectivity index (χ2n) is 6.39. The molecule has 3 atom stereocenters. The van der Waals surface area contributed by atoms with Crippen LogP contribution in [0, 0.1) is 5.41 Å². The van der Waals surface area contributed by atoms with Crippen molar-refractivity contribution in [3.8, 4) is 0 Å². The van der Waals surface area contributed by atoms with Crippen LogP contribution in [0.3, 0.4) is 0 Å². The van der Waals surface area contributed by atoms with Crippen LogP contribution in [-0.2, 0) is 9.53 Å². The van der Waals surface area contributed by atoms with Gasteiger partial charge in [0, 0.05) is 11.8 Å². The number of hydrogen-bond donors (Lipinski definition) is 1. The molecule has 1 saturated heterocycles. The summed E-state index contributed by atoms with van der Waals surface area (Å²) in [6.45, 7) is 8.21. The van der Waals surface area contributed by atoms with Crippen molar-refractivity contribution in [1.29, 1.82) is 0 Å². The molecule has 1 N–H and O–H groups in total. The molecule has 18 heavy (non-hydrogen) atoms. The average molecular weight is 250 g/mol. The van der Waals surface area contributed by atoms with Gasteiger partial charge in [-0.25, -0.2) is 0 Å². The number of allylic oxidation sites excluding steroid dienone is 3. The predicted octanol–water partition coefficient (Wildman–Crippen LogP) is 2.40. The molecule has 1 saturated carbocycles. The molecule has 0 bridgehead atoms. The zero-order chi connectivity index (χ0) is 13.6. The third kappa shape index (κ3) is 1.86. The standard InChI is InChI=1S/C15H22O3/c1-11(6-8-16)5-7-15-13(2,3)9-12(17)10-14(15,4)18-15/h5-8,12,17H,9-10H2,1-4H3. The van der Waals surface area contributed by atoms with Crippen LogP contribution < -0.4 is 0 Å². The topological polar surface area (TPSA) is 49.8 Å². The Bertz CT molecular complexity index is 421. The van der Waals surface area contributed by atoms with Crippen molar-refractivity contribution in [3.63, 3.8) is 0 Å². The maximum absolute atomic E-state index is 10.4. The molecule has 3 nitrogen and oxygen atoms in total. The van der Waals surface area contributed by atoms with E-state index in [1.54, 1.807) is 0 Å². The Morgan fingerprint density at radius 3 is 2.56 bits per heavy atom. The third-order valence-corrected chi connectivity index (χ3v) is 4.42. The first-order valence-corrected chi connectivity index (χ1v) is 6.46. The summed E-state index contributed by atoms with van der Waals surface area (Å²) in [6, 6.07) is 0. The van der Waals surface area contributed by atoms with Crippen molar-refractivity contribution in [2.45, 2.75) is 57.8 Å². The molecule has 2 fully saturated rings. The van der Waals surface area contributed by atoms with Crippen LogP contribution in [-0.4, -0.2) is 28.7 Å². The summed E-state index contributed by atoms with van der Waals surface area (Å²) in [7, 11) is 0. The van der Waals surface area contributed by atoms with Gasteiger partial charge in [0.15, 0.2) is 0 Å². The van der Waals surface area contributed by atoms with E-state index in [4.69, 9.17) is 4.74 Å². The monoisotopic (exact) mass is 250 g/mol. The van der Waals surface area contributed by atoms with Crippen LogP contribution in [0.5, 0.6) is 0 Å². The van der Waals surface area contributed by atoms with Gasteiger partial charge in [-0.3, -0.25) is 4.79 Å². The summed E-state index contributed by atoms with van der Waals surface area (Å²) in [6.07, 6.45) is 7.46. The Kier molecular flexibility index (Phi) is 3.03. The highest BCUT2D eigenvalue weighted by Gasteiger charge is 2.74. The molecule has 0 aromatic heterocycles. The molecule has 0 aromatic carbocycles. The number of epoxide rings is 1. The Morgan fingerprint density at radius 1 is 1.33 bits per heavy atom. The number of aliphatic hydroxyl groups is 1. The number of aldehydes is 1. The fourth-order valence-corrected chi connectivity index (χ4v) is 3.49. The van der Waals surface area contributed by atoms with Crippen molar-refractivity contribution in [1.82, 2.24) is 0 Å². The number of hydrogen-bond acceptors (Lipinski definition) is 3. The lowest BCUT2D eigenvalue weighted by Gasteiger charge is -2.39. The zero-order valence-corrected chi connectivity index (χ0v) is 11.6. The van der Waals surface area contributed by atoms with Crippen LogP contribution in [0.25, 0.3) is 0 Å². The lowest BCUT2D eigenvalue weighted by atomic mass is 9.63. The summed E-state index contributed by atoms with van der Waals surface area (Å²) in [5.74, 6) is 0. The second-order valence-corrected chi connectivity index (χ2v) is 6.39. The summed E-state index contributed by atoms with van der Waals surface area (Å²) in [4.78, 5) is 10.4.